The molecule has 2 N–H and O–H groups in total. The van der Waals surface area contributed by atoms with Crippen molar-refractivity contribution >= 4 is 5.91 Å². The van der Waals surface area contributed by atoms with E-state index in [1.54, 1.807) is 0 Å². The maximum absolute atomic E-state index is 12.6. The van der Waals surface area contributed by atoms with E-state index in [4.69, 9.17) is 4.74 Å². The number of rotatable bonds is 7. The van der Waals surface area contributed by atoms with Crippen LogP contribution < -0.4 is 10.1 Å². The van der Waals surface area contributed by atoms with Crippen LogP contribution in [0.15, 0.2) is 24.3 Å². The van der Waals surface area contributed by atoms with Crippen molar-refractivity contribution in [1.82, 2.24) is 5.32 Å². The van der Waals surface area contributed by atoms with Crippen LogP contribution in [-0.4, -0.2) is 30.3 Å². The number of ether oxygens (including phenoxy) is 1. The van der Waals surface area contributed by atoms with Gasteiger partial charge in [-0.25, -0.2) is 4.39 Å². The highest BCUT2D eigenvalue weighted by atomic mass is 19.1. The molecule has 0 aromatic heterocycles. The average molecular weight is 269 g/mol. The highest BCUT2D eigenvalue weighted by Crippen LogP contribution is 2.10. The fraction of sp³-hybridized carbons (Fsp3) is 0.500. The highest BCUT2D eigenvalue weighted by molar-refractivity contribution is 5.77. The molecule has 0 aliphatic rings. The van der Waals surface area contributed by atoms with Gasteiger partial charge in [0.25, 0.3) is 5.91 Å². The molecule has 0 bridgehead atoms. The molecule has 2 atom stereocenters. The summed E-state index contributed by atoms with van der Waals surface area (Å²) in [4.78, 5) is 11.5. The molecule has 1 aromatic rings. The van der Waals surface area contributed by atoms with Gasteiger partial charge in [-0.1, -0.05) is 20.3 Å². The minimum absolute atomic E-state index is 0.137. The molecule has 1 rings (SSSR count). The maximum Gasteiger partial charge on any atom is 0.258 e. The number of hydrogen-bond acceptors (Lipinski definition) is 3. The first-order valence-corrected chi connectivity index (χ1v) is 6.36. The molecular weight excluding hydrogens is 249 g/mol. The van der Waals surface area contributed by atoms with E-state index in [-0.39, 0.29) is 30.8 Å². The van der Waals surface area contributed by atoms with E-state index in [9.17, 15) is 14.3 Å². The van der Waals surface area contributed by atoms with Crippen molar-refractivity contribution < 1.29 is 19.0 Å². The molecule has 0 radical (unpaired) electrons. The van der Waals surface area contributed by atoms with E-state index in [2.05, 4.69) is 5.32 Å². The zero-order valence-corrected chi connectivity index (χ0v) is 11.2. The zero-order chi connectivity index (χ0) is 14.3. The van der Waals surface area contributed by atoms with Gasteiger partial charge in [-0.05, 0) is 30.2 Å². The van der Waals surface area contributed by atoms with Crippen LogP contribution in [0.2, 0.25) is 0 Å². The minimum Gasteiger partial charge on any atom is -0.484 e. The Morgan fingerprint density at radius 1 is 1.42 bits per heavy atom. The Hall–Kier alpha value is -1.62. The molecule has 0 saturated heterocycles. The molecule has 1 aromatic carbocycles. The summed E-state index contributed by atoms with van der Waals surface area (Å²) >= 11 is 0. The fourth-order valence-corrected chi connectivity index (χ4v) is 1.42. The lowest BCUT2D eigenvalue weighted by molar-refractivity contribution is -0.123. The Bertz CT molecular complexity index is 394. The summed E-state index contributed by atoms with van der Waals surface area (Å²) in [5.41, 5.74) is 0. The zero-order valence-electron chi connectivity index (χ0n) is 11.2. The van der Waals surface area contributed by atoms with E-state index in [0.717, 1.165) is 6.42 Å². The second-order valence-electron chi connectivity index (χ2n) is 4.50. The predicted octanol–water partition coefficient (Wildman–Crippen LogP) is 1.73. The monoisotopic (exact) mass is 269 g/mol. The van der Waals surface area contributed by atoms with Gasteiger partial charge >= 0.3 is 0 Å². The first-order valence-electron chi connectivity index (χ1n) is 6.36. The number of carbonyl (C=O) groups excluding carboxylic acids is 1. The van der Waals surface area contributed by atoms with Gasteiger partial charge in [0.15, 0.2) is 6.61 Å². The van der Waals surface area contributed by atoms with Crippen molar-refractivity contribution in [2.45, 2.75) is 26.4 Å². The second-order valence-corrected chi connectivity index (χ2v) is 4.50. The Morgan fingerprint density at radius 3 is 2.63 bits per heavy atom. The number of benzene rings is 1. The largest absolute Gasteiger partial charge is 0.484 e. The van der Waals surface area contributed by atoms with Crippen LogP contribution in [0.3, 0.4) is 0 Å². The van der Waals surface area contributed by atoms with Gasteiger partial charge in [0.2, 0.25) is 0 Å². The van der Waals surface area contributed by atoms with Crippen LogP contribution in [-0.2, 0) is 4.79 Å². The lowest BCUT2D eigenvalue weighted by Gasteiger charge is -2.17. The first-order chi connectivity index (χ1) is 9.02. The van der Waals surface area contributed by atoms with Gasteiger partial charge in [-0.15, -0.1) is 0 Å². The molecule has 19 heavy (non-hydrogen) atoms. The topological polar surface area (TPSA) is 58.6 Å². The van der Waals surface area contributed by atoms with Crippen LogP contribution in [0.1, 0.15) is 20.3 Å². The first kappa shape index (κ1) is 15.4. The van der Waals surface area contributed by atoms with Crippen molar-refractivity contribution in [3.63, 3.8) is 0 Å². The van der Waals surface area contributed by atoms with Crippen LogP contribution >= 0.6 is 0 Å². The molecule has 0 fully saturated rings. The van der Waals surface area contributed by atoms with E-state index in [0.29, 0.717) is 5.75 Å². The molecule has 0 aliphatic heterocycles. The van der Waals surface area contributed by atoms with Crippen molar-refractivity contribution in [2.24, 2.45) is 5.92 Å². The van der Waals surface area contributed by atoms with Crippen molar-refractivity contribution in [3.05, 3.63) is 30.1 Å². The van der Waals surface area contributed by atoms with Gasteiger partial charge in [-0.2, -0.15) is 0 Å². The van der Waals surface area contributed by atoms with Crippen molar-refractivity contribution in [1.29, 1.82) is 0 Å². The standard InChI is InChI=1S/C14H20FNO3/c1-3-10(2)13(17)8-16-14(18)9-19-12-6-4-11(15)5-7-12/h4-7,10,13,17H,3,8-9H2,1-2H3,(H,16,18). The highest BCUT2D eigenvalue weighted by Gasteiger charge is 2.13. The number of nitrogens with one attached hydrogen (secondary N) is 1. The van der Waals surface area contributed by atoms with E-state index >= 15 is 0 Å². The molecular formula is C14H20FNO3. The van der Waals surface area contributed by atoms with Crippen molar-refractivity contribution in [3.8, 4) is 5.75 Å². The summed E-state index contributed by atoms with van der Waals surface area (Å²) in [5.74, 6) is -0.0995. The summed E-state index contributed by atoms with van der Waals surface area (Å²) < 4.78 is 17.8. The summed E-state index contributed by atoms with van der Waals surface area (Å²) in [6.45, 7) is 3.96. The average Bonchev–Trinajstić information content (AvgIpc) is 2.43. The van der Waals surface area contributed by atoms with Crippen LogP contribution in [0.5, 0.6) is 5.75 Å². The van der Waals surface area contributed by atoms with Crippen molar-refractivity contribution in [2.75, 3.05) is 13.2 Å². The van der Waals surface area contributed by atoms with Gasteiger partial charge in [0.1, 0.15) is 11.6 Å². The molecule has 0 spiro atoms. The lowest BCUT2D eigenvalue weighted by atomic mass is 10.0. The molecule has 2 unspecified atom stereocenters. The van der Waals surface area contributed by atoms with Crippen LogP contribution in [0.25, 0.3) is 0 Å². The minimum atomic E-state index is -0.556. The molecule has 106 valence electrons. The second kappa shape index (κ2) is 7.74. The van der Waals surface area contributed by atoms with Gasteiger partial charge in [-0.3, -0.25) is 4.79 Å². The number of carbonyl (C=O) groups is 1. The Balaban J connectivity index is 2.26. The normalized spacial score (nSPS) is 13.7. The third kappa shape index (κ3) is 5.70. The van der Waals surface area contributed by atoms with Crippen LogP contribution in [0, 0.1) is 11.7 Å². The Kier molecular flexibility index (Phi) is 6.29. The SMILES string of the molecule is CCC(C)C(O)CNC(=O)COc1ccc(F)cc1. The quantitative estimate of drug-likeness (QED) is 0.792. The summed E-state index contributed by atoms with van der Waals surface area (Å²) in [5, 5.41) is 12.3. The molecule has 0 heterocycles. The number of halogens is 1. The number of aliphatic hydroxyl groups is 1. The molecule has 1 amide bonds. The van der Waals surface area contributed by atoms with Gasteiger partial charge < -0.3 is 15.2 Å². The molecule has 0 saturated carbocycles. The van der Waals surface area contributed by atoms with Gasteiger partial charge in [0.05, 0.1) is 6.10 Å². The Labute approximate surface area is 112 Å². The van der Waals surface area contributed by atoms with E-state index in [1.807, 2.05) is 13.8 Å². The third-order valence-corrected chi connectivity index (χ3v) is 2.99. The lowest BCUT2D eigenvalue weighted by Crippen LogP contribution is -2.37. The number of aliphatic hydroxyl groups excluding tert-OH is 1. The third-order valence-electron chi connectivity index (χ3n) is 2.99. The van der Waals surface area contributed by atoms with Crippen LogP contribution in [0.4, 0.5) is 4.39 Å². The molecule has 5 heteroatoms. The predicted molar refractivity (Wildman–Crippen MR) is 70.4 cm³/mol. The van der Waals surface area contributed by atoms with Gasteiger partial charge in [0, 0.05) is 6.54 Å². The summed E-state index contributed by atoms with van der Waals surface area (Å²) in [6, 6.07) is 5.44. The summed E-state index contributed by atoms with van der Waals surface area (Å²) in [7, 11) is 0. The number of amides is 1. The van der Waals surface area contributed by atoms with E-state index < -0.39 is 6.10 Å². The fourth-order valence-electron chi connectivity index (χ4n) is 1.42. The smallest absolute Gasteiger partial charge is 0.258 e. The molecule has 0 aliphatic carbocycles. The maximum atomic E-state index is 12.6. The molecule has 4 nitrogen and oxygen atoms in total. The Morgan fingerprint density at radius 2 is 2.05 bits per heavy atom. The number of hydrogen-bond donors (Lipinski definition) is 2. The van der Waals surface area contributed by atoms with E-state index in [1.165, 1.54) is 24.3 Å². The summed E-state index contributed by atoms with van der Waals surface area (Å²) in [6.07, 6.45) is 0.295.